The quantitative estimate of drug-likeness (QED) is 0.855. The number of rotatable bonds is 4. The third-order valence-electron chi connectivity index (χ3n) is 3.73. The Labute approximate surface area is 120 Å². The molecule has 0 saturated carbocycles. The zero-order chi connectivity index (χ0) is 14.9. The third kappa shape index (κ3) is 2.93. The molecule has 1 heterocycles. The predicted octanol–water partition coefficient (Wildman–Crippen LogP) is 2.88. The van der Waals surface area contributed by atoms with Gasteiger partial charge in [-0.05, 0) is 65.0 Å². The average Bonchev–Trinajstić information content (AvgIpc) is 2.33. The van der Waals surface area contributed by atoms with Gasteiger partial charge in [0.15, 0.2) is 0 Å². The SMILES string of the molecule is Cc1cc(C)c2c(c1)c(C)cc(=O)n2CCCN(C)C. The minimum atomic E-state index is 0.112. The maximum absolute atomic E-state index is 12.3. The molecule has 0 unspecified atom stereocenters. The maximum Gasteiger partial charge on any atom is 0.251 e. The van der Waals surface area contributed by atoms with Gasteiger partial charge in [-0.15, -0.1) is 0 Å². The largest absolute Gasteiger partial charge is 0.309 e. The zero-order valence-electron chi connectivity index (χ0n) is 13.2. The monoisotopic (exact) mass is 272 g/mol. The molecule has 0 aliphatic carbocycles. The van der Waals surface area contributed by atoms with E-state index in [2.05, 4.69) is 45.0 Å². The first-order valence-corrected chi connectivity index (χ1v) is 7.16. The summed E-state index contributed by atoms with van der Waals surface area (Å²) in [6, 6.07) is 6.10. The van der Waals surface area contributed by atoms with E-state index in [1.165, 1.54) is 16.5 Å². The molecule has 0 N–H and O–H groups in total. The van der Waals surface area contributed by atoms with E-state index in [-0.39, 0.29) is 5.56 Å². The summed E-state index contributed by atoms with van der Waals surface area (Å²) in [4.78, 5) is 14.5. The van der Waals surface area contributed by atoms with E-state index in [9.17, 15) is 4.79 Å². The van der Waals surface area contributed by atoms with Crippen LogP contribution in [0.2, 0.25) is 0 Å². The topological polar surface area (TPSA) is 25.2 Å². The lowest BCUT2D eigenvalue weighted by Gasteiger charge is -2.16. The number of benzene rings is 1. The molecule has 0 bridgehead atoms. The minimum absolute atomic E-state index is 0.112. The minimum Gasteiger partial charge on any atom is -0.309 e. The van der Waals surface area contributed by atoms with Crippen molar-refractivity contribution in [3.8, 4) is 0 Å². The summed E-state index contributed by atoms with van der Waals surface area (Å²) >= 11 is 0. The Balaban J connectivity index is 2.56. The lowest BCUT2D eigenvalue weighted by atomic mass is 10.0. The number of nitrogens with zero attached hydrogens (tertiary/aromatic N) is 2. The van der Waals surface area contributed by atoms with Crippen LogP contribution in [0.25, 0.3) is 10.9 Å². The van der Waals surface area contributed by atoms with Crippen LogP contribution >= 0.6 is 0 Å². The highest BCUT2D eigenvalue weighted by Crippen LogP contribution is 2.22. The smallest absolute Gasteiger partial charge is 0.251 e. The summed E-state index contributed by atoms with van der Waals surface area (Å²) < 4.78 is 1.93. The van der Waals surface area contributed by atoms with Gasteiger partial charge in [0, 0.05) is 18.0 Å². The first kappa shape index (κ1) is 14.8. The van der Waals surface area contributed by atoms with Crippen molar-refractivity contribution >= 4 is 10.9 Å². The summed E-state index contributed by atoms with van der Waals surface area (Å²) in [6.07, 6.45) is 0.985. The molecule has 2 aromatic rings. The van der Waals surface area contributed by atoms with E-state index in [1.807, 2.05) is 11.5 Å². The summed E-state index contributed by atoms with van der Waals surface area (Å²) in [5.74, 6) is 0. The Morgan fingerprint density at radius 2 is 1.75 bits per heavy atom. The fourth-order valence-electron chi connectivity index (χ4n) is 2.84. The Morgan fingerprint density at radius 1 is 1.05 bits per heavy atom. The molecule has 0 aliphatic heterocycles. The zero-order valence-corrected chi connectivity index (χ0v) is 13.2. The van der Waals surface area contributed by atoms with E-state index in [0.29, 0.717) is 0 Å². The molecule has 2 rings (SSSR count). The average molecular weight is 272 g/mol. The van der Waals surface area contributed by atoms with Gasteiger partial charge in [-0.25, -0.2) is 0 Å². The molecule has 3 heteroatoms. The number of pyridine rings is 1. The highest BCUT2D eigenvalue weighted by molar-refractivity contribution is 5.86. The van der Waals surface area contributed by atoms with Crippen molar-refractivity contribution in [2.45, 2.75) is 33.7 Å². The van der Waals surface area contributed by atoms with Crippen LogP contribution in [0.5, 0.6) is 0 Å². The highest BCUT2D eigenvalue weighted by Gasteiger charge is 2.09. The lowest BCUT2D eigenvalue weighted by molar-refractivity contribution is 0.386. The van der Waals surface area contributed by atoms with Gasteiger partial charge in [-0.1, -0.05) is 11.6 Å². The molecule has 0 aliphatic rings. The van der Waals surface area contributed by atoms with Gasteiger partial charge >= 0.3 is 0 Å². The van der Waals surface area contributed by atoms with Gasteiger partial charge < -0.3 is 9.47 Å². The first-order chi connectivity index (χ1) is 9.40. The standard InChI is InChI=1S/C17H24N2O/c1-12-9-14(3)17-15(10-12)13(2)11-16(20)19(17)8-6-7-18(4)5/h9-11H,6-8H2,1-5H3. The van der Waals surface area contributed by atoms with Crippen LogP contribution in [0.4, 0.5) is 0 Å². The second-order valence-corrected chi connectivity index (χ2v) is 5.95. The van der Waals surface area contributed by atoms with Crippen LogP contribution in [0, 0.1) is 20.8 Å². The molecular formula is C17H24N2O. The van der Waals surface area contributed by atoms with Crippen molar-refractivity contribution in [1.82, 2.24) is 9.47 Å². The Hall–Kier alpha value is -1.61. The van der Waals surface area contributed by atoms with Crippen molar-refractivity contribution < 1.29 is 0 Å². The van der Waals surface area contributed by atoms with Crippen molar-refractivity contribution in [3.05, 3.63) is 45.2 Å². The first-order valence-electron chi connectivity index (χ1n) is 7.16. The molecule has 0 fully saturated rings. The fraction of sp³-hybridized carbons (Fsp3) is 0.471. The van der Waals surface area contributed by atoms with E-state index in [0.717, 1.165) is 30.6 Å². The Morgan fingerprint density at radius 3 is 2.40 bits per heavy atom. The van der Waals surface area contributed by atoms with Crippen LogP contribution in [0.3, 0.4) is 0 Å². The molecule has 20 heavy (non-hydrogen) atoms. The highest BCUT2D eigenvalue weighted by atomic mass is 16.1. The van der Waals surface area contributed by atoms with Crippen LogP contribution in [0.1, 0.15) is 23.1 Å². The van der Waals surface area contributed by atoms with Gasteiger partial charge in [0.2, 0.25) is 0 Å². The van der Waals surface area contributed by atoms with Crippen LogP contribution in [-0.4, -0.2) is 30.1 Å². The molecule has 1 aromatic heterocycles. The number of aryl methyl sites for hydroxylation is 4. The molecule has 0 spiro atoms. The van der Waals surface area contributed by atoms with Gasteiger partial charge in [0.25, 0.3) is 5.56 Å². The molecule has 0 atom stereocenters. The third-order valence-corrected chi connectivity index (χ3v) is 3.73. The maximum atomic E-state index is 12.3. The summed E-state index contributed by atoms with van der Waals surface area (Å²) in [5, 5.41) is 1.20. The van der Waals surface area contributed by atoms with Crippen LogP contribution in [0.15, 0.2) is 23.0 Å². The lowest BCUT2D eigenvalue weighted by Crippen LogP contribution is -2.23. The second kappa shape index (κ2) is 5.80. The van der Waals surface area contributed by atoms with Crippen molar-refractivity contribution in [1.29, 1.82) is 0 Å². The van der Waals surface area contributed by atoms with Gasteiger partial charge in [-0.2, -0.15) is 0 Å². The van der Waals surface area contributed by atoms with E-state index < -0.39 is 0 Å². The van der Waals surface area contributed by atoms with Crippen LogP contribution in [-0.2, 0) is 6.54 Å². The van der Waals surface area contributed by atoms with Crippen molar-refractivity contribution in [2.75, 3.05) is 20.6 Å². The van der Waals surface area contributed by atoms with Gasteiger partial charge in [-0.3, -0.25) is 4.79 Å². The van der Waals surface area contributed by atoms with E-state index in [4.69, 9.17) is 0 Å². The van der Waals surface area contributed by atoms with Gasteiger partial charge in [0.1, 0.15) is 0 Å². The number of hydrogen-bond acceptors (Lipinski definition) is 2. The Bertz CT molecular complexity index is 683. The summed E-state index contributed by atoms with van der Waals surface area (Å²) in [7, 11) is 4.12. The Kier molecular flexibility index (Phi) is 4.29. The molecule has 0 amide bonds. The fourth-order valence-corrected chi connectivity index (χ4v) is 2.84. The van der Waals surface area contributed by atoms with Crippen molar-refractivity contribution in [3.63, 3.8) is 0 Å². The number of aromatic nitrogens is 1. The number of fused-ring (bicyclic) bond motifs is 1. The summed E-state index contributed by atoms with van der Waals surface area (Å²) in [5.41, 5.74) is 4.71. The van der Waals surface area contributed by atoms with Crippen LogP contribution < -0.4 is 5.56 Å². The number of hydrogen-bond donors (Lipinski definition) is 0. The summed E-state index contributed by atoms with van der Waals surface area (Å²) in [6.45, 7) is 7.99. The van der Waals surface area contributed by atoms with E-state index in [1.54, 1.807) is 6.07 Å². The molecule has 3 nitrogen and oxygen atoms in total. The molecule has 1 aromatic carbocycles. The molecular weight excluding hydrogens is 248 g/mol. The normalized spacial score (nSPS) is 11.5. The molecule has 0 radical (unpaired) electrons. The van der Waals surface area contributed by atoms with Crippen molar-refractivity contribution in [2.24, 2.45) is 0 Å². The van der Waals surface area contributed by atoms with Gasteiger partial charge in [0.05, 0.1) is 5.52 Å². The molecule has 108 valence electrons. The second-order valence-electron chi connectivity index (χ2n) is 5.95. The van der Waals surface area contributed by atoms with E-state index >= 15 is 0 Å². The molecule has 0 saturated heterocycles. The predicted molar refractivity (Wildman–Crippen MR) is 85.6 cm³/mol.